The largest absolute Gasteiger partial charge is 0.491 e. The normalized spacial score (nSPS) is 11.6. The van der Waals surface area contributed by atoms with Crippen LogP contribution in [-0.2, 0) is 21.3 Å². The van der Waals surface area contributed by atoms with Crippen molar-refractivity contribution in [2.75, 3.05) is 20.3 Å². The van der Waals surface area contributed by atoms with E-state index < -0.39 is 15.9 Å². The van der Waals surface area contributed by atoms with Gasteiger partial charge in [-0.15, -0.1) is 0 Å². The zero-order valence-electron chi connectivity index (χ0n) is 20.1. The summed E-state index contributed by atoms with van der Waals surface area (Å²) in [7, 11) is -2.40. The maximum Gasteiger partial charge on any atom is 0.265 e. The first kappa shape index (κ1) is 25.7. The molecule has 1 N–H and O–H groups in total. The predicted molar refractivity (Wildman–Crippen MR) is 138 cm³/mol. The van der Waals surface area contributed by atoms with Gasteiger partial charge >= 0.3 is 0 Å². The van der Waals surface area contributed by atoms with Crippen molar-refractivity contribution in [3.63, 3.8) is 0 Å². The van der Waals surface area contributed by atoms with E-state index in [1.165, 1.54) is 12.1 Å². The van der Waals surface area contributed by atoms with Crippen molar-refractivity contribution in [1.29, 1.82) is 0 Å². The molecule has 4 rings (SSSR count). The van der Waals surface area contributed by atoms with Crippen molar-refractivity contribution in [3.05, 3.63) is 88.2 Å². The Balaban J connectivity index is 1.58. The van der Waals surface area contributed by atoms with Crippen LogP contribution in [0.1, 0.15) is 27.3 Å². The first-order valence-corrected chi connectivity index (χ1v) is 13.0. The minimum absolute atomic E-state index is 0.0210. The second kappa shape index (κ2) is 10.7. The van der Waals surface area contributed by atoms with Gasteiger partial charge in [0.25, 0.3) is 15.9 Å². The second-order valence-corrected chi connectivity index (χ2v) is 10.4. The highest BCUT2D eigenvalue weighted by Gasteiger charge is 2.20. The maximum absolute atomic E-state index is 12.9. The first-order chi connectivity index (χ1) is 17.2. The Morgan fingerprint density at radius 3 is 2.47 bits per heavy atom. The third-order valence-corrected chi connectivity index (χ3v) is 7.37. The van der Waals surface area contributed by atoms with Gasteiger partial charge in [0.05, 0.1) is 29.1 Å². The number of ether oxygens (including phenoxy) is 2. The Morgan fingerprint density at radius 1 is 1.03 bits per heavy atom. The highest BCUT2D eigenvalue weighted by atomic mass is 35.5. The minimum atomic E-state index is -4.01. The summed E-state index contributed by atoms with van der Waals surface area (Å²) in [5, 5.41) is 0.532. The van der Waals surface area contributed by atoms with Crippen LogP contribution < -0.4 is 9.46 Å². The van der Waals surface area contributed by atoms with E-state index in [0.29, 0.717) is 41.6 Å². The smallest absolute Gasteiger partial charge is 0.265 e. The third-order valence-electron chi connectivity index (χ3n) is 5.67. The molecule has 8 nitrogen and oxygen atoms in total. The molecular weight excluding hydrogens is 502 g/mol. The first-order valence-electron chi connectivity index (χ1n) is 11.2. The van der Waals surface area contributed by atoms with Crippen molar-refractivity contribution >= 4 is 38.6 Å². The lowest BCUT2D eigenvalue weighted by molar-refractivity contribution is 0.0981. The van der Waals surface area contributed by atoms with E-state index in [2.05, 4.69) is 9.71 Å². The van der Waals surface area contributed by atoms with Gasteiger partial charge in [0.1, 0.15) is 18.2 Å². The minimum Gasteiger partial charge on any atom is -0.491 e. The number of carbonyl (C=O) groups is 1. The number of rotatable bonds is 9. The van der Waals surface area contributed by atoms with Gasteiger partial charge in [-0.3, -0.25) is 4.79 Å². The lowest BCUT2D eigenvalue weighted by atomic mass is 10.1. The Labute approximate surface area is 214 Å². The highest BCUT2D eigenvalue weighted by molar-refractivity contribution is 7.90. The fourth-order valence-corrected chi connectivity index (χ4v) is 4.90. The van der Waals surface area contributed by atoms with Crippen LogP contribution in [-0.4, -0.2) is 44.2 Å². The molecule has 10 heteroatoms. The Morgan fingerprint density at radius 2 is 1.78 bits per heavy atom. The monoisotopic (exact) mass is 527 g/mol. The van der Waals surface area contributed by atoms with Crippen LogP contribution in [0.4, 0.5) is 0 Å². The molecule has 188 valence electrons. The number of fused-ring (bicyclic) bond motifs is 1. The van der Waals surface area contributed by atoms with E-state index in [0.717, 1.165) is 17.0 Å². The molecule has 0 saturated heterocycles. The van der Waals surface area contributed by atoms with Crippen LogP contribution in [0.15, 0.2) is 65.6 Å². The third kappa shape index (κ3) is 5.70. The molecule has 0 aliphatic rings. The quantitative estimate of drug-likeness (QED) is 0.322. The van der Waals surface area contributed by atoms with Crippen molar-refractivity contribution in [2.24, 2.45) is 0 Å². The number of halogens is 1. The van der Waals surface area contributed by atoms with Gasteiger partial charge in [-0.2, -0.15) is 0 Å². The van der Waals surface area contributed by atoms with Gasteiger partial charge < -0.3 is 14.0 Å². The molecule has 3 aromatic carbocycles. The number of hydrogen-bond donors (Lipinski definition) is 1. The maximum atomic E-state index is 12.9. The molecule has 0 atom stereocenters. The Kier molecular flexibility index (Phi) is 7.63. The Hall–Kier alpha value is -3.40. The van der Waals surface area contributed by atoms with Crippen LogP contribution in [0.2, 0.25) is 5.02 Å². The number of amides is 1. The number of hydrogen-bond acceptors (Lipinski definition) is 6. The lowest BCUT2D eigenvalue weighted by Crippen LogP contribution is -2.30. The average molecular weight is 528 g/mol. The number of benzene rings is 3. The molecule has 0 bridgehead atoms. The molecule has 0 radical (unpaired) electrons. The summed E-state index contributed by atoms with van der Waals surface area (Å²) >= 11 is 6.51. The summed E-state index contributed by atoms with van der Waals surface area (Å²) in [5.41, 5.74) is 3.33. The van der Waals surface area contributed by atoms with Gasteiger partial charge in [-0.05, 0) is 61.9 Å². The zero-order valence-corrected chi connectivity index (χ0v) is 21.7. The lowest BCUT2D eigenvalue weighted by Gasteiger charge is -2.12. The molecule has 36 heavy (non-hydrogen) atoms. The van der Waals surface area contributed by atoms with Gasteiger partial charge in [0.15, 0.2) is 0 Å². The standard InChI is InChI=1S/C26H26ClN3O5S/c1-17-4-9-22(10-5-17)36(32,33)29-26(31)19-7-11-24-25(14-19)30(18(2)28-24)16-20-6-8-21(15-23(20)27)35-13-12-34-3/h4-11,14-15H,12-13,16H2,1-3H3,(H,29,31). The topological polar surface area (TPSA) is 99.5 Å². The molecule has 0 aliphatic heterocycles. The second-order valence-electron chi connectivity index (χ2n) is 8.29. The molecule has 0 saturated carbocycles. The summed E-state index contributed by atoms with van der Waals surface area (Å²) in [5.74, 6) is 0.645. The van der Waals surface area contributed by atoms with Gasteiger partial charge in [-0.1, -0.05) is 35.4 Å². The zero-order chi connectivity index (χ0) is 25.9. The number of nitrogens with one attached hydrogen (secondary N) is 1. The van der Waals surface area contributed by atoms with Crippen LogP contribution >= 0.6 is 11.6 Å². The van der Waals surface area contributed by atoms with E-state index >= 15 is 0 Å². The number of sulfonamides is 1. The average Bonchev–Trinajstić information content (AvgIpc) is 3.15. The van der Waals surface area contributed by atoms with Crippen molar-refractivity contribution in [2.45, 2.75) is 25.3 Å². The number of carbonyl (C=O) groups excluding carboxylic acids is 1. The Bertz CT molecular complexity index is 1510. The van der Waals surface area contributed by atoms with Crippen LogP contribution in [0.25, 0.3) is 11.0 Å². The number of nitrogens with zero attached hydrogens (tertiary/aromatic N) is 2. The van der Waals surface area contributed by atoms with Crippen molar-refractivity contribution in [1.82, 2.24) is 14.3 Å². The number of methoxy groups -OCH3 is 1. The van der Waals surface area contributed by atoms with Gasteiger partial charge in [0.2, 0.25) is 0 Å². The fourth-order valence-electron chi connectivity index (χ4n) is 3.70. The number of imidazole rings is 1. The van der Waals surface area contributed by atoms with E-state index in [-0.39, 0.29) is 10.5 Å². The summed E-state index contributed by atoms with van der Waals surface area (Å²) in [6.45, 7) is 5.02. The van der Waals surface area contributed by atoms with Crippen LogP contribution in [0.5, 0.6) is 5.75 Å². The molecule has 1 heterocycles. The summed E-state index contributed by atoms with van der Waals surface area (Å²) in [4.78, 5) is 17.4. The molecule has 1 aromatic heterocycles. The predicted octanol–water partition coefficient (Wildman–Crippen LogP) is 4.50. The van der Waals surface area contributed by atoms with E-state index in [1.807, 2.05) is 30.5 Å². The molecule has 0 spiro atoms. The molecule has 1 amide bonds. The molecule has 0 fully saturated rings. The number of aryl methyl sites for hydroxylation is 2. The van der Waals surface area contributed by atoms with E-state index in [1.54, 1.807) is 43.5 Å². The van der Waals surface area contributed by atoms with Crippen molar-refractivity contribution < 1.29 is 22.7 Å². The molecule has 4 aromatic rings. The SMILES string of the molecule is COCCOc1ccc(Cn2c(C)nc3ccc(C(=O)NS(=O)(=O)c4ccc(C)cc4)cc32)c(Cl)c1. The van der Waals surface area contributed by atoms with Gasteiger partial charge in [-0.25, -0.2) is 18.1 Å². The van der Waals surface area contributed by atoms with E-state index in [4.69, 9.17) is 21.1 Å². The molecular formula is C26H26ClN3O5S. The fraction of sp³-hybridized carbons (Fsp3) is 0.231. The highest BCUT2D eigenvalue weighted by Crippen LogP contribution is 2.26. The van der Waals surface area contributed by atoms with Gasteiger partial charge in [0, 0.05) is 17.7 Å². The van der Waals surface area contributed by atoms with Crippen LogP contribution in [0, 0.1) is 13.8 Å². The summed E-state index contributed by atoms with van der Waals surface area (Å²) < 4.78 is 40.0. The number of aromatic nitrogens is 2. The molecule has 0 aliphatic carbocycles. The molecule has 0 unspecified atom stereocenters. The van der Waals surface area contributed by atoms with E-state index in [9.17, 15) is 13.2 Å². The van der Waals surface area contributed by atoms with Crippen LogP contribution in [0.3, 0.4) is 0 Å². The summed E-state index contributed by atoms with van der Waals surface area (Å²) in [6, 6.07) is 16.6. The van der Waals surface area contributed by atoms with Crippen molar-refractivity contribution in [3.8, 4) is 5.75 Å². The summed E-state index contributed by atoms with van der Waals surface area (Å²) in [6.07, 6.45) is 0.